The third-order valence-corrected chi connectivity index (χ3v) is 7.23. The van der Waals surface area contributed by atoms with E-state index in [-0.39, 0.29) is 11.9 Å². The summed E-state index contributed by atoms with van der Waals surface area (Å²) in [7, 11) is 0. The number of rotatable bonds is 2. The molecule has 2 heterocycles. The molecule has 1 aliphatic heterocycles. The number of benzene rings is 1. The molecule has 6 heteroatoms. The van der Waals surface area contributed by atoms with Crippen LogP contribution in [0.5, 0.6) is 0 Å². The van der Waals surface area contributed by atoms with Gasteiger partial charge in [0.2, 0.25) is 0 Å². The number of aromatic nitrogens is 1. The Balaban J connectivity index is 1.69. The summed E-state index contributed by atoms with van der Waals surface area (Å²) in [6, 6.07) is 5.96. The average Bonchev–Trinajstić information content (AvgIpc) is 3.05. The number of nitrogens with zero attached hydrogens (tertiary/aromatic N) is 1. The molecule has 1 N–H and O–H groups in total. The molecule has 2 aromatic rings. The van der Waals surface area contributed by atoms with Crippen LogP contribution in [-0.2, 0) is 14.3 Å². The van der Waals surface area contributed by atoms with Crippen LogP contribution < -0.4 is 5.32 Å². The van der Waals surface area contributed by atoms with E-state index in [1.165, 1.54) is 11.3 Å². The second-order valence-corrected chi connectivity index (χ2v) is 8.60. The third kappa shape index (κ3) is 1.67. The molecule has 5 nitrogen and oxygen atoms in total. The van der Waals surface area contributed by atoms with Gasteiger partial charge >= 0.3 is 5.97 Å². The maximum absolute atomic E-state index is 13.0. The van der Waals surface area contributed by atoms with E-state index in [0.29, 0.717) is 18.0 Å². The molecule has 1 aromatic carbocycles. The van der Waals surface area contributed by atoms with Crippen LogP contribution in [0.2, 0.25) is 0 Å². The van der Waals surface area contributed by atoms with E-state index in [2.05, 4.69) is 10.3 Å². The van der Waals surface area contributed by atoms with Gasteiger partial charge in [-0.05, 0) is 38.3 Å². The number of thiazole rings is 1. The van der Waals surface area contributed by atoms with Crippen LogP contribution in [-0.4, -0.2) is 22.5 Å². The van der Waals surface area contributed by atoms with Crippen molar-refractivity contribution in [2.75, 3.05) is 5.32 Å². The second kappa shape index (κ2) is 4.57. The van der Waals surface area contributed by atoms with E-state index in [0.717, 1.165) is 15.8 Å². The Hall–Kier alpha value is -1.95. The number of carbonyl (C=O) groups excluding carboxylic acids is 2. The van der Waals surface area contributed by atoms with Gasteiger partial charge in [0.1, 0.15) is 0 Å². The quantitative estimate of drug-likeness (QED) is 0.844. The monoisotopic (exact) mass is 344 g/mol. The lowest BCUT2D eigenvalue weighted by Gasteiger charge is -2.35. The standard InChI is InChI=1S/C18H20N2O3S/c1-10-6-5-7-11-12(10)19-15(24-11)20-13(21)18-9-8-17(4,14(22)23-18)16(18,2)3/h5-7H,8-9H2,1-4H3,(H,19,20,21)/t17-,18-/m1/s1. The van der Waals surface area contributed by atoms with Gasteiger partial charge in [0.25, 0.3) is 5.91 Å². The minimum Gasteiger partial charge on any atom is -0.448 e. The fourth-order valence-corrected chi connectivity index (χ4v) is 5.02. The maximum atomic E-state index is 13.0. The fourth-order valence-electron chi connectivity index (χ4n) is 4.08. The van der Waals surface area contributed by atoms with E-state index in [1.807, 2.05) is 45.9 Å². The van der Waals surface area contributed by atoms with Crippen LogP contribution >= 0.6 is 11.3 Å². The smallest absolute Gasteiger partial charge is 0.313 e. The molecule has 2 aliphatic rings. The van der Waals surface area contributed by atoms with Gasteiger partial charge in [-0.25, -0.2) is 4.98 Å². The van der Waals surface area contributed by atoms with Crippen LogP contribution in [0.15, 0.2) is 18.2 Å². The highest BCUT2D eigenvalue weighted by Crippen LogP contribution is 2.65. The number of carbonyl (C=O) groups is 2. The number of ether oxygens (including phenoxy) is 1. The molecule has 1 aliphatic carbocycles. The molecule has 1 saturated heterocycles. The summed E-state index contributed by atoms with van der Waals surface area (Å²) in [5, 5.41) is 3.45. The van der Waals surface area contributed by atoms with Crippen molar-refractivity contribution in [2.45, 2.75) is 46.1 Å². The molecule has 2 atom stereocenters. The van der Waals surface area contributed by atoms with Crippen LogP contribution in [0.25, 0.3) is 10.2 Å². The third-order valence-electron chi connectivity index (χ3n) is 6.29. The molecule has 4 rings (SSSR count). The molecule has 2 fully saturated rings. The predicted molar refractivity (Wildman–Crippen MR) is 92.9 cm³/mol. The molecule has 0 spiro atoms. The van der Waals surface area contributed by atoms with Crippen LogP contribution in [0, 0.1) is 17.8 Å². The van der Waals surface area contributed by atoms with Gasteiger partial charge < -0.3 is 4.74 Å². The SMILES string of the molecule is Cc1cccc2sc(NC(=O)[C@@]34CC[C@](C)(C(=O)O3)C4(C)C)nc12. The van der Waals surface area contributed by atoms with Crippen molar-refractivity contribution in [1.82, 2.24) is 4.98 Å². The van der Waals surface area contributed by atoms with Gasteiger partial charge in [0.15, 0.2) is 10.7 Å². The molecular formula is C18H20N2O3S. The molecule has 0 unspecified atom stereocenters. The minimum absolute atomic E-state index is 0.265. The zero-order valence-electron chi connectivity index (χ0n) is 14.2. The molecule has 0 radical (unpaired) electrons. The Bertz CT molecular complexity index is 888. The minimum atomic E-state index is -1.11. The van der Waals surface area contributed by atoms with Gasteiger partial charge in [0.05, 0.1) is 15.6 Å². The molecule has 2 bridgehead atoms. The first-order valence-electron chi connectivity index (χ1n) is 8.12. The van der Waals surface area contributed by atoms with Crippen molar-refractivity contribution in [2.24, 2.45) is 10.8 Å². The summed E-state index contributed by atoms with van der Waals surface area (Å²) in [5.41, 5.74) is -0.286. The molecule has 126 valence electrons. The molecule has 24 heavy (non-hydrogen) atoms. The highest BCUT2D eigenvalue weighted by molar-refractivity contribution is 7.22. The average molecular weight is 344 g/mol. The highest BCUT2D eigenvalue weighted by Gasteiger charge is 2.75. The summed E-state index contributed by atoms with van der Waals surface area (Å²) < 4.78 is 6.65. The van der Waals surface area contributed by atoms with Gasteiger partial charge in [-0.2, -0.15) is 0 Å². The number of fused-ring (bicyclic) bond motifs is 3. The van der Waals surface area contributed by atoms with Gasteiger partial charge in [0, 0.05) is 5.41 Å². The van der Waals surface area contributed by atoms with Gasteiger partial charge in [-0.15, -0.1) is 0 Å². The Labute approximate surface area is 144 Å². The lowest BCUT2D eigenvalue weighted by Crippen LogP contribution is -2.50. The van der Waals surface area contributed by atoms with Crippen molar-refractivity contribution in [3.63, 3.8) is 0 Å². The number of hydrogen-bond acceptors (Lipinski definition) is 5. The van der Waals surface area contributed by atoms with E-state index in [4.69, 9.17) is 4.74 Å². The summed E-state index contributed by atoms with van der Waals surface area (Å²) >= 11 is 1.44. The number of nitrogens with one attached hydrogen (secondary N) is 1. The van der Waals surface area contributed by atoms with Crippen molar-refractivity contribution < 1.29 is 14.3 Å². The number of hydrogen-bond donors (Lipinski definition) is 1. The van der Waals surface area contributed by atoms with Crippen molar-refractivity contribution in [1.29, 1.82) is 0 Å². The van der Waals surface area contributed by atoms with E-state index in [9.17, 15) is 9.59 Å². The number of anilines is 1. The fraction of sp³-hybridized carbons (Fsp3) is 0.500. The first-order valence-corrected chi connectivity index (χ1v) is 8.94. The zero-order valence-corrected chi connectivity index (χ0v) is 15.0. The topological polar surface area (TPSA) is 68.3 Å². The summed E-state index contributed by atoms with van der Waals surface area (Å²) in [5.74, 6) is -0.534. The van der Waals surface area contributed by atoms with Gasteiger partial charge in [-0.1, -0.05) is 37.3 Å². The van der Waals surface area contributed by atoms with Crippen molar-refractivity contribution in [3.05, 3.63) is 23.8 Å². The Morgan fingerprint density at radius 1 is 1.29 bits per heavy atom. The zero-order chi connectivity index (χ0) is 17.3. The van der Waals surface area contributed by atoms with Crippen molar-refractivity contribution >= 4 is 38.6 Å². The highest BCUT2D eigenvalue weighted by atomic mass is 32.1. The summed E-state index contributed by atoms with van der Waals surface area (Å²) in [6.45, 7) is 7.80. The molecular weight excluding hydrogens is 324 g/mol. The summed E-state index contributed by atoms with van der Waals surface area (Å²) in [6.07, 6.45) is 1.23. The van der Waals surface area contributed by atoms with Crippen LogP contribution in [0.1, 0.15) is 39.2 Å². The molecule has 1 amide bonds. The van der Waals surface area contributed by atoms with Gasteiger partial charge in [-0.3, -0.25) is 14.9 Å². The first-order chi connectivity index (χ1) is 11.2. The number of para-hydroxylation sites is 1. The van der Waals surface area contributed by atoms with Crippen LogP contribution in [0.4, 0.5) is 5.13 Å². The Morgan fingerprint density at radius 3 is 2.62 bits per heavy atom. The molecule has 1 aromatic heterocycles. The lowest BCUT2D eigenvalue weighted by molar-refractivity contribution is -0.165. The van der Waals surface area contributed by atoms with Crippen LogP contribution in [0.3, 0.4) is 0 Å². The Morgan fingerprint density at radius 2 is 2.04 bits per heavy atom. The Kier molecular flexibility index (Phi) is 2.96. The predicted octanol–water partition coefficient (Wildman–Crippen LogP) is 3.67. The number of esters is 1. The summed E-state index contributed by atoms with van der Waals surface area (Å²) in [4.78, 5) is 29.9. The first kappa shape index (κ1) is 15.6. The van der Waals surface area contributed by atoms with Crippen molar-refractivity contribution in [3.8, 4) is 0 Å². The number of amides is 1. The lowest BCUT2D eigenvalue weighted by atomic mass is 9.66. The largest absolute Gasteiger partial charge is 0.448 e. The molecule has 1 saturated carbocycles. The van der Waals surface area contributed by atoms with E-state index >= 15 is 0 Å². The normalized spacial score (nSPS) is 30.6. The van der Waals surface area contributed by atoms with E-state index < -0.39 is 16.4 Å². The number of aryl methyl sites for hydroxylation is 1. The maximum Gasteiger partial charge on any atom is 0.313 e. The van der Waals surface area contributed by atoms with E-state index in [1.54, 1.807) is 0 Å². The second-order valence-electron chi connectivity index (χ2n) is 7.57.